The first kappa shape index (κ1) is 28.9. The number of hydrogen-bond acceptors (Lipinski definition) is 6. The Labute approximate surface area is 213 Å². The lowest BCUT2D eigenvalue weighted by Crippen LogP contribution is -2.34. The number of nitrogens with zero attached hydrogens (tertiary/aromatic N) is 1. The van der Waals surface area contributed by atoms with Gasteiger partial charge < -0.3 is 25.3 Å². The van der Waals surface area contributed by atoms with Crippen LogP contribution in [0.4, 0.5) is 40.8 Å². The molecule has 3 N–H and O–H groups in total. The number of carbonyl (C=O) groups excluding carboxylic acids is 2. The van der Waals surface area contributed by atoms with E-state index < -0.39 is 52.9 Å². The van der Waals surface area contributed by atoms with Gasteiger partial charge in [0.25, 0.3) is 11.8 Å². The molecule has 0 spiro atoms. The van der Waals surface area contributed by atoms with Crippen LogP contribution in [0.2, 0.25) is 0 Å². The number of amides is 2. The van der Waals surface area contributed by atoms with Crippen molar-refractivity contribution in [3.05, 3.63) is 71.5 Å². The maximum absolute atomic E-state index is 14.0. The number of hydrogen-bond donors (Lipinski definition) is 2. The second-order valence-corrected chi connectivity index (χ2v) is 7.49. The van der Waals surface area contributed by atoms with Gasteiger partial charge in [0, 0.05) is 23.5 Å². The zero-order valence-corrected chi connectivity index (χ0v) is 19.3. The van der Waals surface area contributed by atoms with Crippen molar-refractivity contribution in [2.24, 2.45) is 5.73 Å². The van der Waals surface area contributed by atoms with Gasteiger partial charge in [-0.2, -0.15) is 22.0 Å². The van der Waals surface area contributed by atoms with Gasteiger partial charge in [-0.05, 0) is 42.5 Å². The maximum Gasteiger partial charge on any atom is 0.573 e. The van der Waals surface area contributed by atoms with E-state index in [0.717, 1.165) is 37.6 Å². The van der Waals surface area contributed by atoms with E-state index in [2.05, 4.69) is 15.0 Å². The summed E-state index contributed by atoms with van der Waals surface area (Å²) in [6.07, 6.45) is -9.99. The second kappa shape index (κ2) is 10.6. The Balaban J connectivity index is 2.06. The second-order valence-electron chi connectivity index (χ2n) is 7.49. The fourth-order valence-corrected chi connectivity index (χ4v) is 3.04. The molecule has 3 rings (SSSR count). The van der Waals surface area contributed by atoms with Gasteiger partial charge in [0.05, 0.1) is 12.7 Å². The molecule has 0 aliphatic heterocycles. The molecule has 0 bridgehead atoms. The van der Waals surface area contributed by atoms with Crippen molar-refractivity contribution < 1.29 is 58.9 Å². The Kier molecular flexibility index (Phi) is 7.88. The Morgan fingerprint density at radius 2 is 1.54 bits per heavy atom. The molecule has 8 nitrogen and oxygen atoms in total. The predicted octanol–water partition coefficient (Wildman–Crippen LogP) is 5.79. The van der Waals surface area contributed by atoms with Crippen LogP contribution in [0, 0.1) is 0 Å². The number of carbonyl (C=O) groups is 2. The van der Waals surface area contributed by atoms with Crippen molar-refractivity contribution >= 4 is 17.5 Å². The molecule has 208 valence electrons. The first-order valence-electron chi connectivity index (χ1n) is 10.3. The van der Waals surface area contributed by atoms with E-state index in [4.69, 9.17) is 15.2 Å². The van der Waals surface area contributed by atoms with Crippen LogP contribution < -0.4 is 25.3 Å². The van der Waals surface area contributed by atoms with E-state index >= 15 is 0 Å². The van der Waals surface area contributed by atoms with Crippen molar-refractivity contribution in [1.29, 1.82) is 0 Å². The van der Waals surface area contributed by atoms with E-state index in [9.17, 15) is 44.7 Å². The summed E-state index contributed by atoms with van der Waals surface area (Å²) in [4.78, 5) is 27.9. The lowest BCUT2D eigenvalue weighted by molar-refractivity contribution is -0.289. The summed E-state index contributed by atoms with van der Waals surface area (Å²) in [7, 11) is 1.04. The SMILES string of the molecule is COc1cc(OC(F)(F)F)ccc1Oc1ccc(C(F)(F)C(F)(F)F)cc1C(=O)Nc1ccnc(C(N)=O)c1. The molecule has 0 saturated carbocycles. The van der Waals surface area contributed by atoms with Gasteiger partial charge in [0.1, 0.15) is 17.2 Å². The molecule has 0 aliphatic rings. The summed E-state index contributed by atoms with van der Waals surface area (Å²) in [5.41, 5.74) is 2.23. The molecule has 2 aromatic carbocycles. The third-order valence-corrected chi connectivity index (χ3v) is 4.80. The molecular weight excluding hydrogens is 550 g/mol. The molecule has 2 amide bonds. The summed E-state index contributed by atoms with van der Waals surface area (Å²) in [5, 5.41) is 2.19. The van der Waals surface area contributed by atoms with E-state index in [1.54, 1.807) is 0 Å². The molecule has 1 heterocycles. The lowest BCUT2D eigenvalue weighted by Gasteiger charge is -2.21. The number of primary amides is 1. The number of halogens is 8. The minimum atomic E-state index is -6.01. The number of benzene rings is 2. The molecular formula is C23H15F8N3O5. The Hall–Kier alpha value is -4.63. The number of rotatable bonds is 8. The van der Waals surface area contributed by atoms with Crippen molar-refractivity contribution in [1.82, 2.24) is 4.98 Å². The number of methoxy groups -OCH3 is 1. The highest BCUT2D eigenvalue weighted by Gasteiger charge is 2.58. The van der Waals surface area contributed by atoms with Crippen LogP contribution in [0.5, 0.6) is 23.0 Å². The smallest absolute Gasteiger partial charge is 0.493 e. The fraction of sp³-hybridized carbons (Fsp3) is 0.174. The van der Waals surface area contributed by atoms with Crippen molar-refractivity contribution in [3.8, 4) is 23.0 Å². The largest absolute Gasteiger partial charge is 0.573 e. The molecule has 0 radical (unpaired) electrons. The average molecular weight is 565 g/mol. The number of pyridine rings is 1. The Morgan fingerprint density at radius 3 is 2.13 bits per heavy atom. The first-order chi connectivity index (χ1) is 18.0. The fourth-order valence-electron chi connectivity index (χ4n) is 3.04. The van der Waals surface area contributed by atoms with Gasteiger partial charge in [-0.1, -0.05) is 0 Å². The molecule has 1 aromatic heterocycles. The monoisotopic (exact) mass is 565 g/mol. The first-order valence-corrected chi connectivity index (χ1v) is 10.3. The van der Waals surface area contributed by atoms with Crippen LogP contribution in [0.1, 0.15) is 26.4 Å². The third kappa shape index (κ3) is 6.82. The van der Waals surface area contributed by atoms with Gasteiger partial charge in [-0.25, -0.2) is 0 Å². The van der Waals surface area contributed by atoms with E-state index in [0.29, 0.717) is 12.1 Å². The highest BCUT2D eigenvalue weighted by molar-refractivity contribution is 6.07. The quantitative estimate of drug-likeness (QED) is 0.335. The summed E-state index contributed by atoms with van der Waals surface area (Å²) in [6, 6.07) is 5.87. The molecule has 0 aliphatic carbocycles. The molecule has 0 saturated heterocycles. The Morgan fingerprint density at radius 1 is 0.872 bits per heavy atom. The van der Waals surface area contributed by atoms with Crippen LogP contribution in [0.3, 0.4) is 0 Å². The zero-order chi connectivity index (χ0) is 29.2. The molecule has 3 aromatic rings. The number of aromatic nitrogens is 1. The molecule has 16 heteroatoms. The number of alkyl halides is 8. The van der Waals surface area contributed by atoms with Crippen molar-refractivity contribution in [3.63, 3.8) is 0 Å². The van der Waals surface area contributed by atoms with Crippen molar-refractivity contribution in [2.45, 2.75) is 18.5 Å². The van der Waals surface area contributed by atoms with Gasteiger partial charge in [-0.15, -0.1) is 13.2 Å². The number of anilines is 1. The van der Waals surface area contributed by atoms with E-state index in [1.165, 1.54) is 6.07 Å². The Bertz CT molecular complexity index is 1390. The molecule has 0 unspecified atom stereocenters. The number of nitrogens with one attached hydrogen (secondary N) is 1. The molecule has 0 fully saturated rings. The van der Waals surface area contributed by atoms with Crippen LogP contribution >= 0.6 is 0 Å². The predicted molar refractivity (Wildman–Crippen MR) is 117 cm³/mol. The minimum absolute atomic E-state index is 0.131. The van der Waals surface area contributed by atoms with Crippen LogP contribution in [-0.4, -0.2) is 36.4 Å². The number of ether oxygens (including phenoxy) is 3. The molecule has 39 heavy (non-hydrogen) atoms. The van der Waals surface area contributed by atoms with Gasteiger partial charge in [0.15, 0.2) is 11.5 Å². The van der Waals surface area contributed by atoms with Gasteiger partial charge in [-0.3, -0.25) is 14.6 Å². The van der Waals surface area contributed by atoms with E-state index in [-0.39, 0.29) is 28.9 Å². The lowest BCUT2D eigenvalue weighted by atomic mass is 10.0. The molecule has 0 atom stereocenters. The summed E-state index contributed by atoms with van der Waals surface area (Å²) >= 11 is 0. The summed E-state index contributed by atoms with van der Waals surface area (Å²) in [5.74, 6) is -9.63. The average Bonchev–Trinajstić information content (AvgIpc) is 2.83. The topological polar surface area (TPSA) is 113 Å². The van der Waals surface area contributed by atoms with Crippen molar-refractivity contribution in [2.75, 3.05) is 12.4 Å². The summed E-state index contributed by atoms with van der Waals surface area (Å²) in [6.45, 7) is 0. The summed E-state index contributed by atoms with van der Waals surface area (Å²) < 4.78 is 119. The normalized spacial score (nSPS) is 12.0. The highest BCUT2D eigenvalue weighted by Crippen LogP contribution is 2.45. The third-order valence-electron chi connectivity index (χ3n) is 4.80. The van der Waals surface area contributed by atoms with E-state index in [1.807, 2.05) is 0 Å². The van der Waals surface area contributed by atoms with Gasteiger partial charge in [0.2, 0.25) is 0 Å². The highest BCUT2D eigenvalue weighted by atomic mass is 19.4. The van der Waals surface area contributed by atoms with Crippen LogP contribution in [-0.2, 0) is 5.92 Å². The van der Waals surface area contributed by atoms with Crippen LogP contribution in [0.15, 0.2) is 54.7 Å². The maximum atomic E-state index is 14.0. The zero-order valence-electron chi connectivity index (χ0n) is 19.3. The minimum Gasteiger partial charge on any atom is -0.493 e. The standard InChI is InChI=1S/C23H15F8N3O5/c1-37-18-10-13(39-23(29,30)31)3-5-17(18)38-16-4-2-11(21(24,25)22(26,27)28)8-14(16)20(36)34-12-6-7-33-15(9-12)19(32)35/h2-10H,1H3,(H2,32,35)(H,33,34,36). The van der Waals surface area contributed by atoms with Gasteiger partial charge >= 0.3 is 18.5 Å². The van der Waals surface area contributed by atoms with Crippen LogP contribution in [0.25, 0.3) is 0 Å². The number of nitrogens with two attached hydrogens (primary N) is 1.